The summed E-state index contributed by atoms with van der Waals surface area (Å²) in [6, 6.07) is 7.66. The second kappa shape index (κ2) is 6.82. The maximum atomic E-state index is 11.6. The Balaban J connectivity index is 1.65. The third kappa shape index (κ3) is 4.44. The Bertz CT molecular complexity index is 415. The highest BCUT2D eigenvalue weighted by atomic mass is 32.2. The van der Waals surface area contributed by atoms with Gasteiger partial charge in [-0.05, 0) is 43.0 Å². The first-order valence-corrected chi connectivity index (χ1v) is 7.37. The van der Waals surface area contributed by atoms with E-state index in [2.05, 4.69) is 5.32 Å². The van der Waals surface area contributed by atoms with Crippen molar-refractivity contribution in [1.82, 2.24) is 5.32 Å². The fourth-order valence-corrected chi connectivity index (χ4v) is 2.73. The molecule has 1 saturated carbocycles. The molecule has 19 heavy (non-hydrogen) atoms. The molecule has 2 rings (SSSR count). The third-order valence-corrected chi connectivity index (χ3v) is 4.24. The molecule has 0 bridgehead atoms. The van der Waals surface area contributed by atoms with E-state index in [1.807, 2.05) is 24.3 Å². The largest absolute Gasteiger partial charge is 0.497 e. The Morgan fingerprint density at radius 3 is 2.68 bits per heavy atom. The highest BCUT2D eigenvalue weighted by molar-refractivity contribution is 8.00. The second-order valence-corrected chi connectivity index (χ2v) is 5.81. The lowest BCUT2D eigenvalue weighted by Crippen LogP contribution is -2.38. The molecule has 0 aromatic heterocycles. The first-order valence-electron chi connectivity index (χ1n) is 6.39. The van der Waals surface area contributed by atoms with E-state index in [1.165, 1.54) is 11.8 Å². The van der Waals surface area contributed by atoms with Crippen LogP contribution in [0.15, 0.2) is 29.2 Å². The van der Waals surface area contributed by atoms with Crippen molar-refractivity contribution in [3.63, 3.8) is 0 Å². The lowest BCUT2D eigenvalue weighted by atomic mass is 9.82. The molecule has 0 aliphatic heterocycles. The zero-order valence-electron chi connectivity index (χ0n) is 11.0. The monoisotopic (exact) mass is 281 g/mol. The Morgan fingerprint density at radius 1 is 1.42 bits per heavy atom. The number of hydrogen-bond donors (Lipinski definition) is 2. The minimum absolute atomic E-state index is 0.0437. The Hall–Kier alpha value is -1.20. The van der Waals surface area contributed by atoms with Crippen molar-refractivity contribution < 1.29 is 14.6 Å². The first-order chi connectivity index (χ1) is 9.17. The number of carbonyl (C=O) groups excluding carboxylic acids is 1. The van der Waals surface area contributed by atoms with Gasteiger partial charge in [-0.2, -0.15) is 0 Å². The standard InChI is InChI=1S/C14H19NO3S/c1-18-12-2-4-13(5-3-12)19-9-14(17)15-8-10-6-11(16)7-10/h2-5,10-11,16H,6-9H2,1H3,(H,15,17). The maximum Gasteiger partial charge on any atom is 0.230 e. The quantitative estimate of drug-likeness (QED) is 0.779. The number of carbonyl (C=O) groups is 1. The Labute approximate surface area is 117 Å². The molecule has 4 nitrogen and oxygen atoms in total. The summed E-state index contributed by atoms with van der Waals surface area (Å²) >= 11 is 1.51. The van der Waals surface area contributed by atoms with E-state index in [0.717, 1.165) is 23.5 Å². The summed E-state index contributed by atoms with van der Waals surface area (Å²) in [4.78, 5) is 12.7. The fourth-order valence-electron chi connectivity index (χ4n) is 2.00. The number of thioether (sulfide) groups is 1. The van der Waals surface area contributed by atoms with E-state index in [9.17, 15) is 4.79 Å². The average Bonchev–Trinajstić information content (AvgIpc) is 2.40. The number of methoxy groups -OCH3 is 1. The molecule has 0 radical (unpaired) electrons. The van der Waals surface area contributed by atoms with Crippen LogP contribution in [-0.2, 0) is 4.79 Å². The van der Waals surface area contributed by atoms with Crippen LogP contribution in [0.3, 0.4) is 0 Å². The summed E-state index contributed by atoms with van der Waals surface area (Å²) in [5.41, 5.74) is 0. The van der Waals surface area contributed by atoms with Crippen LogP contribution >= 0.6 is 11.8 Å². The minimum atomic E-state index is -0.157. The van der Waals surface area contributed by atoms with Crippen molar-refractivity contribution in [1.29, 1.82) is 0 Å². The summed E-state index contributed by atoms with van der Waals surface area (Å²) in [6.45, 7) is 0.680. The van der Waals surface area contributed by atoms with Crippen LogP contribution in [0, 0.1) is 5.92 Å². The Kier molecular flexibility index (Phi) is 5.10. The van der Waals surface area contributed by atoms with E-state index < -0.39 is 0 Å². The first kappa shape index (κ1) is 14.2. The zero-order valence-corrected chi connectivity index (χ0v) is 11.8. The summed E-state index contributed by atoms with van der Waals surface area (Å²) in [5, 5.41) is 12.1. The molecule has 1 aliphatic carbocycles. The molecule has 2 N–H and O–H groups in total. The van der Waals surface area contributed by atoms with Crippen molar-refractivity contribution in [2.75, 3.05) is 19.4 Å². The highest BCUT2D eigenvalue weighted by Crippen LogP contribution is 2.26. The van der Waals surface area contributed by atoms with Gasteiger partial charge in [-0.15, -0.1) is 11.8 Å². The van der Waals surface area contributed by atoms with E-state index in [1.54, 1.807) is 7.11 Å². The van der Waals surface area contributed by atoms with Gasteiger partial charge in [0.15, 0.2) is 0 Å². The van der Waals surface area contributed by atoms with Gasteiger partial charge in [0.25, 0.3) is 0 Å². The molecule has 0 saturated heterocycles. The number of benzene rings is 1. The van der Waals surface area contributed by atoms with Crippen molar-refractivity contribution >= 4 is 17.7 Å². The maximum absolute atomic E-state index is 11.6. The van der Waals surface area contributed by atoms with Gasteiger partial charge in [0.1, 0.15) is 5.75 Å². The van der Waals surface area contributed by atoms with Crippen molar-refractivity contribution in [3.8, 4) is 5.75 Å². The molecule has 1 aromatic rings. The topological polar surface area (TPSA) is 58.6 Å². The van der Waals surface area contributed by atoms with Crippen LogP contribution in [0.25, 0.3) is 0 Å². The minimum Gasteiger partial charge on any atom is -0.497 e. The van der Waals surface area contributed by atoms with Crippen molar-refractivity contribution in [3.05, 3.63) is 24.3 Å². The van der Waals surface area contributed by atoms with Crippen LogP contribution in [0.5, 0.6) is 5.75 Å². The number of nitrogens with one attached hydrogen (secondary N) is 1. The van der Waals surface area contributed by atoms with Crippen LogP contribution in [0.4, 0.5) is 0 Å². The zero-order chi connectivity index (χ0) is 13.7. The normalized spacial score (nSPS) is 21.6. The molecule has 1 aliphatic rings. The highest BCUT2D eigenvalue weighted by Gasteiger charge is 2.26. The summed E-state index contributed by atoms with van der Waals surface area (Å²) in [5.74, 6) is 1.73. The van der Waals surface area contributed by atoms with E-state index in [0.29, 0.717) is 18.2 Å². The van der Waals surface area contributed by atoms with Crippen LogP contribution in [0.1, 0.15) is 12.8 Å². The van der Waals surface area contributed by atoms with E-state index >= 15 is 0 Å². The van der Waals surface area contributed by atoms with Gasteiger partial charge in [0, 0.05) is 11.4 Å². The molecule has 1 amide bonds. The van der Waals surface area contributed by atoms with Crippen LogP contribution < -0.4 is 10.1 Å². The second-order valence-electron chi connectivity index (χ2n) is 4.76. The summed E-state index contributed by atoms with van der Waals surface area (Å²) < 4.78 is 5.08. The lowest BCUT2D eigenvalue weighted by molar-refractivity contribution is -0.119. The fraction of sp³-hybridized carbons (Fsp3) is 0.500. The van der Waals surface area contributed by atoms with Crippen LogP contribution in [0.2, 0.25) is 0 Å². The number of hydrogen-bond acceptors (Lipinski definition) is 4. The van der Waals surface area contributed by atoms with E-state index in [-0.39, 0.29) is 12.0 Å². The van der Waals surface area contributed by atoms with Gasteiger partial charge < -0.3 is 15.2 Å². The lowest BCUT2D eigenvalue weighted by Gasteiger charge is -2.31. The molecule has 104 valence electrons. The molecular formula is C14H19NO3S. The van der Waals surface area contributed by atoms with Crippen LogP contribution in [-0.4, -0.2) is 36.5 Å². The number of aliphatic hydroxyl groups excluding tert-OH is 1. The van der Waals surface area contributed by atoms with Crippen molar-refractivity contribution in [2.45, 2.75) is 23.8 Å². The van der Waals surface area contributed by atoms with Gasteiger partial charge in [0.2, 0.25) is 5.91 Å². The molecule has 1 fully saturated rings. The third-order valence-electron chi connectivity index (χ3n) is 3.23. The van der Waals surface area contributed by atoms with Gasteiger partial charge in [-0.1, -0.05) is 0 Å². The molecular weight excluding hydrogens is 262 g/mol. The predicted octanol–water partition coefficient (Wildman–Crippen LogP) is 1.67. The van der Waals surface area contributed by atoms with E-state index in [4.69, 9.17) is 9.84 Å². The molecule has 5 heteroatoms. The molecule has 0 atom stereocenters. The summed E-state index contributed by atoms with van der Waals surface area (Å²) in [7, 11) is 1.63. The number of amides is 1. The van der Waals surface area contributed by atoms with Gasteiger partial charge >= 0.3 is 0 Å². The number of ether oxygens (including phenoxy) is 1. The SMILES string of the molecule is COc1ccc(SCC(=O)NCC2CC(O)C2)cc1. The Morgan fingerprint density at radius 2 is 2.11 bits per heavy atom. The molecule has 0 unspecified atom stereocenters. The predicted molar refractivity (Wildman–Crippen MR) is 75.5 cm³/mol. The number of aliphatic hydroxyl groups is 1. The average molecular weight is 281 g/mol. The van der Waals surface area contributed by atoms with Gasteiger partial charge in [-0.3, -0.25) is 4.79 Å². The molecule has 0 spiro atoms. The summed E-state index contributed by atoms with van der Waals surface area (Å²) in [6.07, 6.45) is 1.47. The molecule has 1 aromatic carbocycles. The molecule has 0 heterocycles. The van der Waals surface area contributed by atoms with Gasteiger partial charge in [-0.25, -0.2) is 0 Å². The van der Waals surface area contributed by atoms with Gasteiger partial charge in [0.05, 0.1) is 19.0 Å². The van der Waals surface area contributed by atoms with Crippen molar-refractivity contribution in [2.24, 2.45) is 5.92 Å². The smallest absolute Gasteiger partial charge is 0.230 e. The number of rotatable bonds is 6.